The molecule has 0 saturated carbocycles. The van der Waals surface area contributed by atoms with Crippen molar-refractivity contribution in [3.05, 3.63) is 69.3 Å². The molecule has 0 saturated heterocycles. The van der Waals surface area contributed by atoms with Gasteiger partial charge < -0.3 is 5.11 Å². The van der Waals surface area contributed by atoms with Crippen LogP contribution in [0.15, 0.2) is 30.3 Å². The predicted molar refractivity (Wildman–Crippen MR) is 80.6 cm³/mol. The predicted octanol–water partition coefficient (Wildman–Crippen LogP) is 4.31. The van der Waals surface area contributed by atoms with E-state index in [0.717, 1.165) is 22.3 Å². The molecule has 2 aromatic carbocycles. The third-order valence-electron chi connectivity index (χ3n) is 3.91. The van der Waals surface area contributed by atoms with Crippen molar-refractivity contribution in [1.29, 1.82) is 0 Å². The Kier molecular flexibility index (Phi) is 3.77. The number of hydrogen-bond acceptors (Lipinski definition) is 1. The molecule has 1 unspecified atom stereocenters. The first kappa shape index (κ1) is 13.8. The minimum absolute atomic E-state index is 0.542. The number of aliphatic hydroxyl groups is 1. The summed E-state index contributed by atoms with van der Waals surface area (Å²) in [5, 5.41) is 10.7. The monoisotopic (exact) mass is 254 g/mol. The van der Waals surface area contributed by atoms with E-state index in [2.05, 4.69) is 58.0 Å². The summed E-state index contributed by atoms with van der Waals surface area (Å²) in [6.07, 6.45) is -0.542. The molecule has 0 aliphatic rings. The molecule has 0 spiro atoms. The Morgan fingerprint density at radius 1 is 0.684 bits per heavy atom. The average molecular weight is 254 g/mol. The van der Waals surface area contributed by atoms with Crippen LogP contribution in [0.1, 0.15) is 45.0 Å². The fourth-order valence-corrected chi connectivity index (χ4v) is 2.50. The molecule has 2 aromatic rings. The van der Waals surface area contributed by atoms with Gasteiger partial charge in [-0.25, -0.2) is 0 Å². The Morgan fingerprint density at radius 2 is 1.26 bits per heavy atom. The van der Waals surface area contributed by atoms with Crippen LogP contribution >= 0.6 is 0 Å². The standard InChI is InChI=1S/C18H22O/c1-11-6-7-12(2)16(8-11)18(19)17-10-14(4)13(3)9-15(17)5/h6-10,18-19H,1-5H3. The smallest absolute Gasteiger partial charge is 0.105 e. The molecule has 19 heavy (non-hydrogen) atoms. The van der Waals surface area contributed by atoms with Crippen LogP contribution in [0.25, 0.3) is 0 Å². The Morgan fingerprint density at radius 3 is 1.95 bits per heavy atom. The van der Waals surface area contributed by atoms with E-state index in [9.17, 15) is 5.11 Å². The highest BCUT2D eigenvalue weighted by molar-refractivity contribution is 5.44. The third kappa shape index (κ3) is 2.71. The third-order valence-corrected chi connectivity index (χ3v) is 3.91. The zero-order valence-electron chi connectivity index (χ0n) is 12.4. The molecule has 0 aliphatic carbocycles. The maximum absolute atomic E-state index is 10.7. The maximum Gasteiger partial charge on any atom is 0.105 e. The Hall–Kier alpha value is -1.60. The zero-order chi connectivity index (χ0) is 14.2. The van der Waals surface area contributed by atoms with Crippen LogP contribution in [0.5, 0.6) is 0 Å². The van der Waals surface area contributed by atoms with Gasteiger partial charge in [-0.3, -0.25) is 0 Å². The van der Waals surface area contributed by atoms with E-state index in [0.29, 0.717) is 0 Å². The van der Waals surface area contributed by atoms with Crippen LogP contribution in [0, 0.1) is 34.6 Å². The van der Waals surface area contributed by atoms with Gasteiger partial charge in [0.1, 0.15) is 6.10 Å². The first-order valence-electron chi connectivity index (χ1n) is 6.73. The van der Waals surface area contributed by atoms with Crippen molar-refractivity contribution in [1.82, 2.24) is 0 Å². The van der Waals surface area contributed by atoms with Crippen molar-refractivity contribution in [3.63, 3.8) is 0 Å². The van der Waals surface area contributed by atoms with Crippen molar-refractivity contribution < 1.29 is 5.11 Å². The van der Waals surface area contributed by atoms with Crippen LogP contribution in [0.3, 0.4) is 0 Å². The van der Waals surface area contributed by atoms with Crippen molar-refractivity contribution in [2.45, 2.75) is 40.7 Å². The van der Waals surface area contributed by atoms with Gasteiger partial charge in [-0.2, -0.15) is 0 Å². The molecule has 0 fully saturated rings. The molecule has 1 atom stereocenters. The van der Waals surface area contributed by atoms with E-state index in [4.69, 9.17) is 0 Å². The molecule has 0 heterocycles. The number of aryl methyl sites for hydroxylation is 5. The molecular weight excluding hydrogens is 232 g/mol. The topological polar surface area (TPSA) is 20.2 Å². The van der Waals surface area contributed by atoms with E-state index in [1.165, 1.54) is 16.7 Å². The molecule has 1 N–H and O–H groups in total. The van der Waals surface area contributed by atoms with Gasteiger partial charge in [0, 0.05) is 0 Å². The SMILES string of the molecule is Cc1ccc(C)c(C(O)c2cc(C)c(C)cc2C)c1. The molecule has 1 nitrogen and oxygen atoms in total. The van der Waals surface area contributed by atoms with Crippen molar-refractivity contribution in [2.75, 3.05) is 0 Å². The summed E-state index contributed by atoms with van der Waals surface area (Å²) in [7, 11) is 0. The first-order chi connectivity index (χ1) is 8.90. The summed E-state index contributed by atoms with van der Waals surface area (Å²) in [5.41, 5.74) is 7.98. The van der Waals surface area contributed by atoms with Crippen LogP contribution in [-0.4, -0.2) is 5.11 Å². The van der Waals surface area contributed by atoms with Gasteiger partial charge >= 0.3 is 0 Å². The van der Waals surface area contributed by atoms with E-state index in [-0.39, 0.29) is 0 Å². The van der Waals surface area contributed by atoms with Gasteiger partial charge in [0.15, 0.2) is 0 Å². The lowest BCUT2D eigenvalue weighted by molar-refractivity contribution is 0.218. The molecule has 2 rings (SSSR count). The Bertz CT molecular complexity index is 611. The van der Waals surface area contributed by atoms with Gasteiger partial charge in [0.2, 0.25) is 0 Å². The fourth-order valence-electron chi connectivity index (χ4n) is 2.50. The van der Waals surface area contributed by atoms with Crippen LogP contribution < -0.4 is 0 Å². The van der Waals surface area contributed by atoms with Crippen LogP contribution in [-0.2, 0) is 0 Å². The molecular formula is C18H22O. The quantitative estimate of drug-likeness (QED) is 0.846. The molecule has 0 aromatic heterocycles. The molecule has 0 aliphatic heterocycles. The average Bonchev–Trinajstić information content (AvgIpc) is 2.36. The zero-order valence-corrected chi connectivity index (χ0v) is 12.4. The van der Waals surface area contributed by atoms with Gasteiger partial charge in [0.05, 0.1) is 0 Å². The first-order valence-corrected chi connectivity index (χ1v) is 6.73. The van der Waals surface area contributed by atoms with Gasteiger partial charge in [-0.15, -0.1) is 0 Å². The highest BCUT2D eigenvalue weighted by atomic mass is 16.3. The highest BCUT2D eigenvalue weighted by Gasteiger charge is 2.16. The van der Waals surface area contributed by atoms with Crippen LogP contribution in [0.4, 0.5) is 0 Å². The second kappa shape index (κ2) is 5.18. The number of rotatable bonds is 2. The molecule has 0 bridgehead atoms. The summed E-state index contributed by atoms with van der Waals surface area (Å²) >= 11 is 0. The number of aliphatic hydroxyl groups excluding tert-OH is 1. The van der Waals surface area contributed by atoms with E-state index in [1.807, 2.05) is 6.92 Å². The number of benzene rings is 2. The molecule has 0 radical (unpaired) electrons. The normalized spacial score (nSPS) is 12.5. The van der Waals surface area contributed by atoms with Gasteiger partial charge in [-0.05, 0) is 68.0 Å². The summed E-state index contributed by atoms with van der Waals surface area (Å²) in [6.45, 7) is 10.4. The Labute approximate surface area is 115 Å². The minimum Gasteiger partial charge on any atom is -0.384 e. The number of hydrogen-bond donors (Lipinski definition) is 1. The lowest BCUT2D eigenvalue weighted by Gasteiger charge is -2.18. The Balaban J connectivity index is 2.52. The second-order valence-electron chi connectivity index (χ2n) is 5.56. The molecule has 100 valence electrons. The van der Waals surface area contributed by atoms with E-state index >= 15 is 0 Å². The maximum atomic E-state index is 10.7. The fraction of sp³-hybridized carbons (Fsp3) is 0.333. The summed E-state index contributed by atoms with van der Waals surface area (Å²) in [5.74, 6) is 0. The van der Waals surface area contributed by atoms with Crippen molar-refractivity contribution in [2.24, 2.45) is 0 Å². The lowest BCUT2D eigenvalue weighted by Crippen LogP contribution is -2.05. The lowest BCUT2D eigenvalue weighted by atomic mass is 9.91. The molecule has 0 amide bonds. The second-order valence-corrected chi connectivity index (χ2v) is 5.56. The summed E-state index contributed by atoms with van der Waals surface area (Å²) in [4.78, 5) is 0. The van der Waals surface area contributed by atoms with Gasteiger partial charge in [-0.1, -0.05) is 35.9 Å². The van der Waals surface area contributed by atoms with E-state index < -0.39 is 6.10 Å². The largest absolute Gasteiger partial charge is 0.384 e. The molecule has 1 heteroatoms. The minimum atomic E-state index is -0.542. The van der Waals surface area contributed by atoms with Gasteiger partial charge in [0.25, 0.3) is 0 Å². The van der Waals surface area contributed by atoms with Crippen LogP contribution in [0.2, 0.25) is 0 Å². The summed E-state index contributed by atoms with van der Waals surface area (Å²) in [6, 6.07) is 10.5. The van der Waals surface area contributed by atoms with E-state index in [1.54, 1.807) is 0 Å². The summed E-state index contributed by atoms with van der Waals surface area (Å²) < 4.78 is 0. The van der Waals surface area contributed by atoms with Crippen molar-refractivity contribution >= 4 is 0 Å². The van der Waals surface area contributed by atoms with Crippen molar-refractivity contribution in [3.8, 4) is 0 Å². The highest BCUT2D eigenvalue weighted by Crippen LogP contribution is 2.29.